The number of hydrogen-bond donors (Lipinski definition) is 2. The molecule has 1 aliphatic rings. The van der Waals surface area contributed by atoms with Gasteiger partial charge in [0.15, 0.2) is 0 Å². The maximum absolute atomic E-state index is 14.1. The summed E-state index contributed by atoms with van der Waals surface area (Å²) in [7, 11) is -2.25. The van der Waals surface area contributed by atoms with Crippen molar-refractivity contribution in [3.8, 4) is 5.75 Å². The van der Waals surface area contributed by atoms with Crippen LogP contribution in [0.3, 0.4) is 0 Å². The van der Waals surface area contributed by atoms with Crippen molar-refractivity contribution in [1.29, 1.82) is 0 Å². The summed E-state index contributed by atoms with van der Waals surface area (Å²) in [6, 6.07) is 24.4. The first kappa shape index (κ1) is 28.3. The van der Waals surface area contributed by atoms with Crippen molar-refractivity contribution in [3.63, 3.8) is 0 Å². The van der Waals surface area contributed by atoms with Gasteiger partial charge in [-0.05, 0) is 61.6 Å². The lowest BCUT2D eigenvalue weighted by Gasteiger charge is -2.41. The number of carboxylic acids is 1. The Bertz CT molecular complexity index is 1370. The van der Waals surface area contributed by atoms with E-state index in [1.807, 2.05) is 60.7 Å². The number of sulfonamides is 1. The molecule has 9 heteroatoms. The lowest BCUT2D eigenvalue weighted by atomic mass is 9.72. The van der Waals surface area contributed by atoms with Gasteiger partial charge in [0.05, 0.1) is 23.3 Å². The van der Waals surface area contributed by atoms with Crippen LogP contribution in [-0.4, -0.2) is 55.9 Å². The summed E-state index contributed by atoms with van der Waals surface area (Å²) in [4.78, 5) is 26.2. The van der Waals surface area contributed by atoms with E-state index in [9.17, 15) is 23.1 Å². The van der Waals surface area contributed by atoms with E-state index < -0.39 is 33.4 Å². The molecule has 39 heavy (non-hydrogen) atoms. The highest BCUT2D eigenvalue weighted by Crippen LogP contribution is 2.38. The summed E-state index contributed by atoms with van der Waals surface area (Å²) in [6.45, 7) is 1.89. The van der Waals surface area contributed by atoms with Gasteiger partial charge in [-0.25, -0.2) is 8.42 Å². The Morgan fingerprint density at radius 3 is 2.05 bits per heavy atom. The van der Waals surface area contributed by atoms with Crippen molar-refractivity contribution in [3.05, 3.63) is 96.1 Å². The monoisotopic (exact) mass is 550 g/mol. The van der Waals surface area contributed by atoms with E-state index >= 15 is 0 Å². The summed E-state index contributed by atoms with van der Waals surface area (Å²) in [5, 5.41) is 12.8. The normalized spacial score (nSPS) is 17.1. The standard InChI is InChI=1S/C30H34N2O6S/c1-22(28(33)34)27(21-23-9-5-3-6-10-23)31-29(35)30(24-11-7-4-8-12-24)17-19-32(20-18-30)39(36,37)26-15-13-25(38-2)14-16-26/h3-16,22,27H,17-21H2,1-2H3,(H,31,35)(H,33,34). The molecule has 1 amide bonds. The number of carboxylic acid groups (broad SMARTS) is 1. The van der Waals surface area contributed by atoms with Gasteiger partial charge in [0.2, 0.25) is 15.9 Å². The average molecular weight is 551 g/mol. The molecule has 0 spiro atoms. The highest BCUT2D eigenvalue weighted by Gasteiger charge is 2.46. The zero-order valence-electron chi connectivity index (χ0n) is 22.1. The largest absolute Gasteiger partial charge is 0.497 e. The topological polar surface area (TPSA) is 113 Å². The number of nitrogens with one attached hydrogen (secondary N) is 1. The van der Waals surface area contributed by atoms with E-state index in [0.717, 1.165) is 11.1 Å². The molecule has 3 aromatic carbocycles. The minimum absolute atomic E-state index is 0.147. The fourth-order valence-corrected chi connectivity index (χ4v) is 6.55. The number of benzene rings is 3. The molecule has 206 valence electrons. The fraction of sp³-hybridized carbons (Fsp3) is 0.333. The molecule has 0 bridgehead atoms. The molecular weight excluding hydrogens is 516 g/mol. The number of aliphatic carboxylic acids is 1. The van der Waals surface area contributed by atoms with E-state index in [4.69, 9.17) is 4.74 Å². The number of hydrogen-bond acceptors (Lipinski definition) is 5. The number of rotatable bonds is 10. The molecule has 4 rings (SSSR count). The molecule has 2 unspecified atom stereocenters. The van der Waals surface area contributed by atoms with Crippen molar-refractivity contribution >= 4 is 21.9 Å². The summed E-state index contributed by atoms with van der Waals surface area (Å²) in [5.41, 5.74) is 0.705. The summed E-state index contributed by atoms with van der Waals surface area (Å²) in [5.74, 6) is -1.54. The van der Waals surface area contributed by atoms with Crippen molar-refractivity contribution in [2.75, 3.05) is 20.2 Å². The Kier molecular flexibility index (Phi) is 8.72. The highest BCUT2D eigenvalue weighted by molar-refractivity contribution is 7.89. The van der Waals surface area contributed by atoms with Gasteiger partial charge in [0.25, 0.3) is 0 Å². The quantitative estimate of drug-likeness (QED) is 0.396. The number of nitrogens with zero attached hydrogens (tertiary/aromatic N) is 1. The van der Waals surface area contributed by atoms with Gasteiger partial charge in [-0.1, -0.05) is 60.7 Å². The Labute approximate surface area is 229 Å². The number of carbonyl (C=O) groups excluding carboxylic acids is 1. The second kappa shape index (κ2) is 12.0. The Morgan fingerprint density at radius 1 is 0.949 bits per heavy atom. The van der Waals surface area contributed by atoms with Gasteiger partial charge in [0.1, 0.15) is 5.75 Å². The van der Waals surface area contributed by atoms with Crippen LogP contribution in [-0.2, 0) is 31.4 Å². The predicted octanol–water partition coefficient (Wildman–Crippen LogP) is 3.87. The highest BCUT2D eigenvalue weighted by atomic mass is 32.2. The third-order valence-electron chi connectivity index (χ3n) is 7.64. The lowest BCUT2D eigenvalue weighted by Crippen LogP contribution is -2.56. The van der Waals surface area contributed by atoms with Crippen molar-refractivity contribution < 1.29 is 27.9 Å². The van der Waals surface area contributed by atoms with Crippen LogP contribution in [0.5, 0.6) is 5.75 Å². The maximum Gasteiger partial charge on any atom is 0.308 e. The van der Waals surface area contributed by atoms with E-state index in [0.29, 0.717) is 12.2 Å². The second-order valence-corrected chi connectivity index (χ2v) is 11.9. The van der Waals surface area contributed by atoms with E-state index in [1.165, 1.54) is 23.5 Å². The van der Waals surface area contributed by atoms with Crippen LogP contribution in [0.15, 0.2) is 89.8 Å². The zero-order valence-corrected chi connectivity index (χ0v) is 22.9. The molecule has 1 aliphatic heterocycles. The number of amides is 1. The Morgan fingerprint density at radius 2 is 1.51 bits per heavy atom. The van der Waals surface area contributed by atoms with Crippen LogP contribution in [0, 0.1) is 5.92 Å². The minimum Gasteiger partial charge on any atom is -0.497 e. The molecular formula is C30H34N2O6S. The first-order chi connectivity index (χ1) is 18.7. The van der Waals surface area contributed by atoms with Crippen LogP contribution in [0.4, 0.5) is 0 Å². The number of methoxy groups -OCH3 is 1. The third-order valence-corrected chi connectivity index (χ3v) is 9.56. The van der Waals surface area contributed by atoms with Crippen molar-refractivity contribution in [2.45, 2.75) is 42.5 Å². The molecule has 0 aromatic heterocycles. The minimum atomic E-state index is -3.77. The molecule has 3 aromatic rings. The SMILES string of the molecule is COc1ccc(S(=O)(=O)N2CCC(C(=O)NC(Cc3ccccc3)C(C)C(=O)O)(c3ccccc3)CC2)cc1. The molecule has 1 fully saturated rings. The molecule has 2 atom stereocenters. The molecule has 8 nitrogen and oxygen atoms in total. The van der Waals surface area contributed by atoms with Gasteiger partial charge in [-0.2, -0.15) is 4.31 Å². The van der Waals surface area contributed by atoms with Crippen LogP contribution >= 0.6 is 0 Å². The van der Waals surface area contributed by atoms with Gasteiger partial charge in [-0.15, -0.1) is 0 Å². The van der Waals surface area contributed by atoms with Gasteiger partial charge in [0, 0.05) is 19.1 Å². The number of carbonyl (C=O) groups is 2. The predicted molar refractivity (Wildman–Crippen MR) is 148 cm³/mol. The number of piperidine rings is 1. The third kappa shape index (κ3) is 6.15. The first-order valence-corrected chi connectivity index (χ1v) is 14.4. The molecule has 0 saturated carbocycles. The first-order valence-electron chi connectivity index (χ1n) is 12.9. The number of ether oxygens (including phenoxy) is 1. The molecule has 1 heterocycles. The smallest absolute Gasteiger partial charge is 0.308 e. The molecule has 2 N–H and O–H groups in total. The van der Waals surface area contributed by atoms with Gasteiger partial charge >= 0.3 is 5.97 Å². The Hall–Kier alpha value is -3.69. The van der Waals surface area contributed by atoms with Crippen molar-refractivity contribution in [2.24, 2.45) is 5.92 Å². The van der Waals surface area contributed by atoms with Crippen LogP contribution in [0.25, 0.3) is 0 Å². The Balaban J connectivity index is 1.60. The summed E-state index contributed by atoms with van der Waals surface area (Å²) in [6.07, 6.45) is 0.887. The second-order valence-electron chi connectivity index (χ2n) is 9.92. The summed E-state index contributed by atoms with van der Waals surface area (Å²) < 4.78 is 33.3. The van der Waals surface area contributed by atoms with Crippen LogP contribution < -0.4 is 10.1 Å². The fourth-order valence-electron chi connectivity index (χ4n) is 5.11. The van der Waals surface area contributed by atoms with Crippen LogP contribution in [0.2, 0.25) is 0 Å². The summed E-state index contributed by atoms with van der Waals surface area (Å²) >= 11 is 0. The lowest BCUT2D eigenvalue weighted by molar-refractivity contribution is -0.142. The maximum atomic E-state index is 14.1. The van der Waals surface area contributed by atoms with Crippen LogP contribution in [0.1, 0.15) is 30.9 Å². The van der Waals surface area contributed by atoms with E-state index in [1.54, 1.807) is 19.1 Å². The molecule has 0 aliphatic carbocycles. The average Bonchev–Trinajstić information content (AvgIpc) is 2.97. The molecule has 0 radical (unpaired) electrons. The van der Waals surface area contributed by atoms with Gasteiger partial charge in [-0.3, -0.25) is 9.59 Å². The zero-order chi connectivity index (χ0) is 28.0. The van der Waals surface area contributed by atoms with E-state index in [2.05, 4.69) is 5.32 Å². The van der Waals surface area contributed by atoms with E-state index in [-0.39, 0.29) is 36.7 Å². The van der Waals surface area contributed by atoms with Gasteiger partial charge < -0.3 is 15.2 Å². The molecule has 1 saturated heterocycles. The van der Waals surface area contributed by atoms with Crippen molar-refractivity contribution in [1.82, 2.24) is 9.62 Å².